The van der Waals surface area contributed by atoms with Crippen molar-refractivity contribution in [3.63, 3.8) is 0 Å². The number of fused-ring (bicyclic) bond motifs is 1. The molecule has 0 bridgehead atoms. The number of nitrogens with zero attached hydrogens (tertiary/aromatic N) is 3. The van der Waals surface area contributed by atoms with Crippen LogP contribution in [0.5, 0.6) is 11.5 Å². The molecular formula is C32H34N4O4. The van der Waals surface area contributed by atoms with Gasteiger partial charge in [0.15, 0.2) is 5.78 Å². The van der Waals surface area contributed by atoms with Crippen LogP contribution in [-0.4, -0.2) is 63.0 Å². The number of ether oxygens (including phenoxy) is 2. The molecular weight excluding hydrogens is 504 g/mol. The first-order chi connectivity index (χ1) is 19.5. The summed E-state index contributed by atoms with van der Waals surface area (Å²) in [4.78, 5) is 29.6. The SMILES string of the molecule is COc1ccc(C#N)cc1N1CCN(CCCNC(=O)c2cccc3c2OC(C2=CC(C)C(=O)C=C2)=CC3)CC1. The van der Waals surface area contributed by atoms with Crippen LogP contribution in [0.25, 0.3) is 0 Å². The number of allylic oxidation sites excluding steroid dienone is 4. The number of piperazine rings is 1. The van der Waals surface area contributed by atoms with Crippen molar-refractivity contribution in [1.82, 2.24) is 10.2 Å². The van der Waals surface area contributed by atoms with Gasteiger partial charge in [0.2, 0.25) is 0 Å². The zero-order chi connectivity index (χ0) is 28.1. The van der Waals surface area contributed by atoms with Crippen molar-refractivity contribution in [2.75, 3.05) is 51.3 Å². The normalized spacial score (nSPS) is 18.7. The van der Waals surface area contributed by atoms with Crippen LogP contribution in [0.1, 0.15) is 34.8 Å². The van der Waals surface area contributed by atoms with E-state index in [0.29, 0.717) is 35.6 Å². The monoisotopic (exact) mass is 538 g/mol. The van der Waals surface area contributed by atoms with E-state index in [9.17, 15) is 14.9 Å². The van der Waals surface area contributed by atoms with Crippen molar-refractivity contribution in [3.05, 3.63) is 88.7 Å². The molecule has 1 saturated heterocycles. The van der Waals surface area contributed by atoms with Crippen LogP contribution in [0.15, 0.2) is 72.0 Å². The predicted molar refractivity (Wildman–Crippen MR) is 154 cm³/mol. The van der Waals surface area contributed by atoms with Crippen molar-refractivity contribution >= 4 is 17.4 Å². The lowest BCUT2D eigenvalue weighted by atomic mass is 9.94. The number of rotatable bonds is 8. The zero-order valence-electron chi connectivity index (χ0n) is 23.0. The first-order valence-electron chi connectivity index (χ1n) is 13.7. The Morgan fingerprint density at radius 1 is 1.18 bits per heavy atom. The average Bonchev–Trinajstić information content (AvgIpc) is 3.00. The maximum absolute atomic E-state index is 13.1. The van der Waals surface area contributed by atoms with Gasteiger partial charge in [-0.15, -0.1) is 0 Å². The molecule has 2 aromatic rings. The lowest BCUT2D eigenvalue weighted by Crippen LogP contribution is -2.47. The van der Waals surface area contributed by atoms with Gasteiger partial charge in [-0.1, -0.05) is 25.1 Å². The Morgan fingerprint density at radius 2 is 2.00 bits per heavy atom. The fourth-order valence-corrected chi connectivity index (χ4v) is 5.29. The summed E-state index contributed by atoms with van der Waals surface area (Å²) in [6, 6.07) is 13.4. The van der Waals surface area contributed by atoms with E-state index in [1.54, 1.807) is 31.4 Å². The summed E-state index contributed by atoms with van der Waals surface area (Å²) in [7, 11) is 1.65. The highest BCUT2D eigenvalue weighted by atomic mass is 16.5. The second-order valence-electron chi connectivity index (χ2n) is 10.3. The van der Waals surface area contributed by atoms with Gasteiger partial charge in [0.05, 0.1) is 30.0 Å². The number of carbonyl (C=O) groups is 2. The van der Waals surface area contributed by atoms with Gasteiger partial charge < -0.3 is 19.7 Å². The number of benzene rings is 2. The summed E-state index contributed by atoms with van der Waals surface area (Å²) in [5, 5.41) is 12.3. The van der Waals surface area contributed by atoms with E-state index in [4.69, 9.17) is 9.47 Å². The van der Waals surface area contributed by atoms with E-state index in [1.165, 1.54) is 0 Å². The van der Waals surface area contributed by atoms with Crippen LogP contribution >= 0.6 is 0 Å². The Hall–Kier alpha value is -4.35. The molecule has 5 rings (SSSR count). The van der Waals surface area contributed by atoms with E-state index in [0.717, 1.165) is 61.7 Å². The first kappa shape index (κ1) is 27.2. The molecule has 0 radical (unpaired) electrons. The molecule has 1 amide bonds. The molecule has 3 aliphatic rings. The van der Waals surface area contributed by atoms with Crippen LogP contribution in [0, 0.1) is 17.2 Å². The maximum Gasteiger partial charge on any atom is 0.255 e. The van der Waals surface area contributed by atoms with E-state index in [1.807, 2.05) is 43.3 Å². The fraction of sp³-hybridized carbons (Fsp3) is 0.344. The van der Waals surface area contributed by atoms with E-state index in [2.05, 4.69) is 21.2 Å². The summed E-state index contributed by atoms with van der Waals surface area (Å²) in [5.41, 5.74) is 3.94. The van der Waals surface area contributed by atoms with Crippen LogP contribution in [0.3, 0.4) is 0 Å². The third kappa shape index (κ3) is 5.95. The molecule has 0 saturated carbocycles. The average molecular weight is 539 g/mol. The standard InChI is InChI=1S/C32H34N4O4/c1-22-19-25(8-10-28(22)37)29-12-9-24-5-3-6-26(31(24)40-29)32(38)34-13-4-14-35-15-17-36(18-16-35)27-20-23(21-33)7-11-30(27)39-2/h3,5-8,10-12,19-20,22H,4,9,13-18H2,1-2H3,(H,34,38). The summed E-state index contributed by atoms with van der Waals surface area (Å²) in [6.45, 7) is 6.82. The summed E-state index contributed by atoms with van der Waals surface area (Å²) in [5.74, 6) is 1.78. The maximum atomic E-state index is 13.1. The smallest absolute Gasteiger partial charge is 0.255 e. The lowest BCUT2D eigenvalue weighted by Gasteiger charge is -2.36. The Balaban J connectivity index is 1.11. The highest BCUT2D eigenvalue weighted by Crippen LogP contribution is 2.34. The third-order valence-corrected chi connectivity index (χ3v) is 7.61. The Kier molecular flexibility index (Phi) is 8.32. The molecule has 1 aliphatic carbocycles. The van der Waals surface area contributed by atoms with Gasteiger partial charge in [0.25, 0.3) is 5.91 Å². The number of nitriles is 1. The highest BCUT2D eigenvalue weighted by Gasteiger charge is 2.24. The highest BCUT2D eigenvalue weighted by molar-refractivity contribution is 5.98. The minimum atomic E-state index is -0.190. The molecule has 1 unspecified atom stereocenters. The molecule has 8 heteroatoms. The molecule has 1 atom stereocenters. The lowest BCUT2D eigenvalue weighted by molar-refractivity contribution is -0.116. The molecule has 1 fully saturated rings. The molecule has 8 nitrogen and oxygen atoms in total. The summed E-state index contributed by atoms with van der Waals surface area (Å²) >= 11 is 0. The first-order valence-corrected chi connectivity index (χ1v) is 13.7. The van der Waals surface area contributed by atoms with Gasteiger partial charge >= 0.3 is 0 Å². The number of amides is 1. The molecule has 1 N–H and O–H groups in total. The Morgan fingerprint density at radius 3 is 2.75 bits per heavy atom. The minimum absolute atomic E-state index is 0.0770. The number of hydrogen-bond acceptors (Lipinski definition) is 7. The van der Waals surface area contributed by atoms with Crippen molar-refractivity contribution in [2.24, 2.45) is 5.92 Å². The van der Waals surface area contributed by atoms with Gasteiger partial charge in [-0.2, -0.15) is 5.26 Å². The second-order valence-corrected chi connectivity index (χ2v) is 10.3. The fourth-order valence-electron chi connectivity index (χ4n) is 5.29. The summed E-state index contributed by atoms with van der Waals surface area (Å²) in [6.07, 6.45) is 8.77. The number of para-hydroxylation sites is 1. The number of carbonyl (C=O) groups excluding carboxylic acids is 2. The Bertz CT molecular complexity index is 1430. The molecule has 2 aromatic carbocycles. The molecule has 2 heterocycles. The quantitative estimate of drug-likeness (QED) is 0.507. The van der Waals surface area contributed by atoms with Crippen molar-refractivity contribution < 1.29 is 19.1 Å². The topological polar surface area (TPSA) is 94.9 Å². The number of ketones is 1. The van der Waals surface area contributed by atoms with Crippen LogP contribution < -0.4 is 19.7 Å². The van der Waals surface area contributed by atoms with Gasteiger partial charge in [-0.3, -0.25) is 14.5 Å². The molecule has 0 aromatic heterocycles. The predicted octanol–water partition coefficient (Wildman–Crippen LogP) is 4.03. The van der Waals surface area contributed by atoms with Crippen molar-refractivity contribution in [1.29, 1.82) is 5.26 Å². The number of anilines is 1. The van der Waals surface area contributed by atoms with E-state index in [-0.39, 0.29) is 17.6 Å². The van der Waals surface area contributed by atoms with Crippen LogP contribution in [0.2, 0.25) is 0 Å². The minimum Gasteiger partial charge on any atom is -0.495 e. The second kappa shape index (κ2) is 12.2. The third-order valence-electron chi connectivity index (χ3n) is 7.61. The van der Waals surface area contributed by atoms with E-state index < -0.39 is 0 Å². The molecule has 2 aliphatic heterocycles. The molecule has 40 heavy (non-hydrogen) atoms. The van der Waals surface area contributed by atoms with Crippen LogP contribution in [0.4, 0.5) is 5.69 Å². The largest absolute Gasteiger partial charge is 0.495 e. The number of nitrogens with one attached hydrogen (secondary N) is 1. The van der Waals surface area contributed by atoms with Gasteiger partial charge in [-0.25, -0.2) is 0 Å². The van der Waals surface area contributed by atoms with Gasteiger partial charge in [0.1, 0.15) is 17.3 Å². The van der Waals surface area contributed by atoms with E-state index >= 15 is 0 Å². The zero-order valence-corrected chi connectivity index (χ0v) is 23.0. The van der Waals surface area contributed by atoms with Crippen molar-refractivity contribution in [2.45, 2.75) is 19.8 Å². The number of hydrogen-bond donors (Lipinski definition) is 1. The Labute approximate surface area is 235 Å². The van der Waals surface area contributed by atoms with Gasteiger partial charge in [-0.05, 0) is 67.4 Å². The van der Waals surface area contributed by atoms with Crippen LogP contribution in [-0.2, 0) is 11.2 Å². The van der Waals surface area contributed by atoms with Crippen molar-refractivity contribution in [3.8, 4) is 17.6 Å². The molecule has 206 valence electrons. The number of methoxy groups -OCH3 is 1. The summed E-state index contributed by atoms with van der Waals surface area (Å²) < 4.78 is 11.7. The van der Waals surface area contributed by atoms with Gasteiger partial charge in [0, 0.05) is 44.2 Å². The molecule has 0 spiro atoms.